The summed E-state index contributed by atoms with van der Waals surface area (Å²) >= 11 is 0. The summed E-state index contributed by atoms with van der Waals surface area (Å²) in [6, 6.07) is 0. The van der Waals surface area contributed by atoms with Crippen molar-refractivity contribution in [2.45, 2.75) is 6.42 Å². The molecule has 0 aromatic rings. The fourth-order valence-corrected chi connectivity index (χ4v) is 0.447. The summed E-state index contributed by atoms with van der Waals surface area (Å²) in [6.45, 7) is 6.67. The monoisotopic (exact) mass is 204 g/mol. The molecule has 0 unspecified atom stereocenters. The molecule has 0 aliphatic rings. The molecule has 68 valence electrons. The van der Waals surface area contributed by atoms with Gasteiger partial charge in [-0.15, -0.1) is 6.58 Å². The summed E-state index contributed by atoms with van der Waals surface area (Å²) in [7, 11) is -3.79. The molecule has 0 aliphatic carbocycles. The Hall–Kier alpha value is 0.610. The molecule has 6 heteroatoms. The van der Waals surface area contributed by atoms with Gasteiger partial charge in [0.2, 0.25) is 0 Å². The van der Waals surface area contributed by atoms with Gasteiger partial charge in [-0.3, -0.25) is 4.55 Å². The Bertz CT molecular complexity index is 174. The zero-order valence-corrected chi connectivity index (χ0v) is 10.0. The summed E-state index contributed by atoms with van der Waals surface area (Å²) in [5.74, 6) is -0.368. The van der Waals surface area contributed by atoms with Crippen molar-refractivity contribution in [1.82, 2.24) is 0 Å². The summed E-state index contributed by atoms with van der Waals surface area (Å²) in [6.07, 6.45) is 1.75. The second-order valence-corrected chi connectivity index (χ2v) is 3.11. The van der Waals surface area contributed by atoms with Crippen LogP contribution in [0.25, 0.3) is 0 Å². The van der Waals surface area contributed by atoms with Crippen molar-refractivity contribution in [2.24, 2.45) is 0 Å². The van der Waals surface area contributed by atoms with Crippen molar-refractivity contribution in [2.75, 3.05) is 12.4 Å². The van der Waals surface area contributed by atoms with E-state index in [-0.39, 0.29) is 41.9 Å². The van der Waals surface area contributed by atoms with E-state index in [0.717, 1.165) is 6.08 Å². The second-order valence-electron chi connectivity index (χ2n) is 1.61. The van der Waals surface area contributed by atoms with E-state index in [1.54, 1.807) is 0 Å². The predicted molar refractivity (Wildman–Crippen MR) is 43.7 cm³/mol. The van der Waals surface area contributed by atoms with Crippen LogP contribution in [0.15, 0.2) is 12.7 Å². The number of hydrogen-bond acceptors (Lipinski definition) is 3. The van der Waals surface area contributed by atoms with Crippen LogP contribution in [0.5, 0.6) is 0 Å². The van der Waals surface area contributed by atoms with E-state index in [1.165, 1.54) is 0 Å². The molecule has 0 bridgehead atoms. The van der Waals surface area contributed by atoms with E-state index >= 15 is 0 Å². The van der Waals surface area contributed by atoms with Crippen molar-refractivity contribution in [1.29, 1.82) is 0 Å². The molecule has 0 aliphatic heterocycles. The van der Waals surface area contributed by atoms with E-state index in [0.29, 0.717) is 6.42 Å². The van der Waals surface area contributed by atoms with Crippen molar-refractivity contribution < 1.29 is 47.6 Å². The van der Waals surface area contributed by atoms with Crippen LogP contribution in [0.4, 0.5) is 0 Å². The van der Waals surface area contributed by atoms with Crippen LogP contribution in [-0.2, 0) is 10.1 Å². The van der Waals surface area contributed by atoms with Crippen LogP contribution < -0.4 is 29.6 Å². The standard InChI is InChI=1S/C3H6O3S.C3H7O.Na/c1-2-3-7(4,5)6;1-2-3-4;/h2H,1,3H2,(H,4,5,6);4H,1-3H2;/q;-1;+1. The Morgan fingerprint density at radius 1 is 1.50 bits per heavy atom. The first-order valence-electron chi connectivity index (χ1n) is 2.94. The molecule has 0 heterocycles. The van der Waals surface area contributed by atoms with Crippen LogP contribution in [0.1, 0.15) is 6.42 Å². The van der Waals surface area contributed by atoms with Crippen LogP contribution in [0.2, 0.25) is 0 Å². The first-order chi connectivity index (χ1) is 4.97. The van der Waals surface area contributed by atoms with Crippen LogP contribution in [-0.4, -0.2) is 30.4 Å². The molecule has 0 amide bonds. The minimum absolute atomic E-state index is 0. The van der Waals surface area contributed by atoms with E-state index in [1.807, 2.05) is 0 Å². The maximum atomic E-state index is 9.72. The predicted octanol–water partition coefficient (Wildman–Crippen LogP) is -2.73. The summed E-state index contributed by atoms with van der Waals surface area (Å²) < 4.78 is 27.3. The van der Waals surface area contributed by atoms with Gasteiger partial charge in [0.25, 0.3) is 10.1 Å². The molecule has 0 saturated carbocycles. The molecule has 0 radical (unpaired) electrons. The van der Waals surface area contributed by atoms with Crippen molar-refractivity contribution >= 4 is 10.1 Å². The van der Waals surface area contributed by atoms with Gasteiger partial charge in [0.1, 0.15) is 0 Å². The maximum Gasteiger partial charge on any atom is 1.00 e. The van der Waals surface area contributed by atoms with Gasteiger partial charge in [-0.25, -0.2) is 0 Å². The van der Waals surface area contributed by atoms with Crippen LogP contribution in [0, 0.1) is 6.92 Å². The summed E-state index contributed by atoms with van der Waals surface area (Å²) in [5, 5.41) is 7.81. The number of rotatable bonds is 3. The first-order valence-corrected chi connectivity index (χ1v) is 4.55. The van der Waals surface area contributed by atoms with E-state index in [4.69, 9.17) is 9.66 Å². The third-order valence-corrected chi connectivity index (χ3v) is 1.14. The molecule has 0 spiro atoms. The summed E-state index contributed by atoms with van der Waals surface area (Å²) in [5.41, 5.74) is 0. The molecular weight excluding hydrogens is 191 g/mol. The van der Waals surface area contributed by atoms with E-state index in [9.17, 15) is 8.42 Å². The van der Waals surface area contributed by atoms with Gasteiger partial charge in [0, 0.05) is 6.61 Å². The molecular formula is C6H13NaO4S. The second kappa shape index (κ2) is 11.6. The van der Waals surface area contributed by atoms with Gasteiger partial charge < -0.3 is 12.0 Å². The third kappa shape index (κ3) is 31.1. The number of aliphatic hydroxyl groups excluding tert-OH is 1. The first kappa shape index (κ1) is 18.4. The van der Waals surface area contributed by atoms with Crippen molar-refractivity contribution in [3.63, 3.8) is 0 Å². The van der Waals surface area contributed by atoms with Gasteiger partial charge in [0.15, 0.2) is 0 Å². The smallest absolute Gasteiger partial charge is 0.399 e. The SMILES string of the molecule is C=CCS(=O)(=O)O.[CH2-]CCO.[Na+]. The minimum Gasteiger partial charge on any atom is -0.399 e. The van der Waals surface area contributed by atoms with Gasteiger partial charge in [-0.1, -0.05) is 6.08 Å². The summed E-state index contributed by atoms with van der Waals surface area (Å²) in [4.78, 5) is 0. The topological polar surface area (TPSA) is 74.6 Å². The molecule has 0 fully saturated rings. The van der Waals surface area contributed by atoms with E-state index in [2.05, 4.69) is 13.5 Å². The average molecular weight is 204 g/mol. The molecule has 4 nitrogen and oxygen atoms in total. The molecule has 2 N–H and O–H groups in total. The Labute approximate surface area is 95.7 Å². The fraction of sp³-hybridized carbons (Fsp3) is 0.500. The van der Waals surface area contributed by atoms with Crippen molar-refractivity contribution in [3.05, 3.63) is 19.6 Å². The number of aliphatic hydroxyl groups is 1. The van der Waals surface area contributed by atoms with Crippen LogP contribution >= 0.6 is 0 Å². The van der Waals surface area contributed by atoms with Gasteiger partial charge in [-0.05, 0) is 0 Å². The third-order valence-electron chi connectivity index (χ3n) is 0.487. The normalized spacial score (nSPS) is 8.92. The van der Waals surface area contributed by atoms with Crippen LogP contribution in [0.3, 0.4) is 0 Å². The average Bonchev–Trinajstić information content (AvgIpc) is 1.86. The van der Waals surface area contributed by atoms with Gasteiger partial charge in [0.05, 0.1) is 5.75 Å². The largest absolute Gasteiger partial charge is 1.00 e. The minimum atomic E-state index is -3.79. The zero-order valence-electron chi connectivity index (χ0n) is 7.23. The molecule has 0 aromatic carbocycles. The Balaban J connectivity index is -0.000000142. The Kier molecular flexibility index (Phi) is 17.8. The quantitative estimate of drug-likeness (QED) is 0.226. The molecule has 0 rings (SSSR count). The molecule has 0 atom stereocenters. The maximum absolute atomic E-state index is 9.72. The Morgan fingerprint density at radius 2 is 1.83 bits per heavy atom. The fourth-order valence-electron chi connectivity index (χ4n) is 0.149. The van der Waals surface area contributed by atoms with Crippen molar-refractivity contribution in [3.8, 4) is 0 Å². The number of hydrogen-bond donors (Lipinski definition) is 2. The molecule has 12 heavy (non-hydrogen) atoms. The van der Waals surface area contributed by atoms with Gasteiger partial charge in [-0.2, -0.15) is 14.8 Å². The molecule has 0 aromatic heterocycles. The zero-order chi connectivity index (χ0) is 9.33. The van der Waals surface area contributed by atoms with E-state index < -0.39 is 10.1 Å². The molecule has 0 saturated heterocycles. The Morgan fingerprint density at radius 3 is 1.83 bits per heavy atom. The van der Waals surface area contributed by atoms with Gasteiger partial charge >= 0.3 is 29.6 Å².